The topological polar surface area (TPSA) is 114 Å². The molecule has 0 saturated heterocycles. The number of para-hydroxylation sites is 2. The number of nitrogens with two attached hydrogens (primary N) is 1. The Balaban J connectivity index is 1.46. The van der Waals surface area contributed by atoms with Gasteiger partial charge in [0.05, 0.1) is 23.8 Å². The Morgan fingerprint density at radius 1 is 1.03 bits per heavy atom. The Kier molecular flexibility index (Phi) is 4.88. The highest BCUT2D eigenvalue weighted by Crippen LogP contribution is 2.37. The second kappa shape index (κ2) is 8.21. The average molecular weight is 467 g/mol. The fraction of sp³-hybridized carbons (Fsp3) is 0.115. The van der Waals surface area contributed by atoms with E-state index in [1.54, 1.807) is 17.7 Å². The fourth-order valence-corrected chi connectivity index (χ4v) is 4.19. The Morgan fingerprint density at radius 3 is 2.54 bits per heavy atom. The zero-order valence-corrected chi connectivity index (χ0v) is 18.8. The number of hydrogen-bond acceptors (Lipinski definition) is 7. The van der Waals surface area contributed by atoms with Crippen LogP contribution in [0.3, 0.4) is 0 Å². The molecule has 3 heterocycles. The molecule has 3 aromatic carbocycles. The number of benzene rings is 3. The molecule has 9 heteroatoms. The first-order valence-electron chi connectivity index (χ1n) is 11.0. The Labute approximate surface area is 200 Å². The number of rotatable bonds is 5. The van der Waals surface area contributed by atoms with Crippen LogP contribution in [0.1, 0.15) is 15.9 Å². The predicted octanol–water partition coefficient (Wildman–Crippen LogP) is 3.82. The van der Waals surface area contributed by atoms with Crippen LogP contribution < -0.4 is 25.3 Å². The van der Waals surface area contributed by atoms with Crippen LogP contribution in [0.2, 0.25) is 0 Å². The number of aromatic nitrogens is 3. The third kappa shape index (κ3) is 3.54. The van der Waals surface area contributed by atoms with E-state index >= 15 is 0 Å². The maximum absolute atomic E-state index is 13.4. The molecule has 5 aromatic rings. The molecule has 1 aliphatic heterocycles. The predicted molar refractivity (Wildman–Crippen MR) is 131 cm³/mol. The van der Waals surface area contributed by atoms with Gasteiger partial charge < -0.3 is 25.3 Å². The molecule has 0 fully saturated rings. The summed E-state index contributed by atoms with van der Waals surface area (Å²) in [6, 6.07) is 20.4. The van der Waals surface area contributed by atoms with Crippen molar-refractivity contribution in [3.05, 3.63) is 77.9 Å². The Hall–Kier alpha value is -4.79. The third-order valence-corrected chi connectivity index (χ3v) is 5.95. The molecule has 0 unspecified atom stereocenters. The van der Waals surface area contributed by atoms with Gasteiger partial charge in [-0.15, -0.1) is 0 Å². The van der Waals surface area contributed by atoms with Gasteiger partial charge in [-0.2, -0.15) is 0 Å². The summed E-state index contributed by atoms with van der Waals surface area (Å²) < 4.78 is 17.9. The molecule has 3 N–H and O–H groups in total. The molecule has 35 heavy (non-hydrogen) atoms. The maximum atomic E-state index is 13.4. The molecule has 9 nitrogen and oxygen atoms in total. The van der Waals surface area contributed by atoms with Gasteiger partial charge in [-0.3, -0.25) is 9.36 Å². The molecule has 0 saturated carbocycles. The van der Waals surface area contributed by atoms with Gasteiger partial charge in [-0.1, -0.05) is 24.3 Å². The van der Waals surface area contributed by atoms with Gasteiger partial charge in [0, 0.05) is 12.6 Å². The van der Waals surface area contributed by atoms with Crippen molar-refractivity contribution in [3.8, 4) is 22.9 Å². The standard InChI is InChI=1S/C26H21N5O4/c1-33-17-9-6-15(7-10-17)13-28-26(32)22-23-25(30-19-5-3-2-4-18(19)29-23)31(24(22)27)16-8-11-20-21(12-16)35-14-34-20/h2-12H,13-14,27H2,1H3,(H,28,32). The van der Waals surface area contributed by atoms with Crippen LogP contribution in [0.15, 0.2) is 66.7 Å². The number of ether oxygens (including phenoxy) is 3. The van der Waals surface area contributed by atoms with Crippen LogP contribution in [0.4, 0.5) is 5.82 Å². The summed E-state index contributed by atoms with van der Waals surface area (Å²) >= 11 is 0. The van der Waals surface area contributed by atoms with E-state index in [0.29, 0.717) is 45.9 Å². The summed E-state index contributed by atoms with van der Waals surface area (Å²) in [7, 11) is 1.61. The Bertz CT molecular complexity index is 1590. The lowest BCUT2D eigenvalue weighted by Gasteiger charge is -2.09. The largest absolute Gasteiger partial charge is 0.497 e. The summed E-state index contributed by atoms with van der Waals surface area (Å²) in [6.45, 7) is 0.476. The molecular formula is C26H21N5O4. The highest BCUT2D eigenvalue weighted by Gasteiger charge is 2.26. The summed E-state index contributed by atoms with van der Waals surface area (Å²) in [4.78, 5) is 23.0. The molecule has 2 aromatic heterocycles. The average Bonchev–Trinajstić information content (AvgIpc) is 3.47. The van der Waals surface area contributed by atoms with E-state index in [0.717, 1.165) is 11.3 Å². The normalized spacial score (nSPS) is 12.3. The van der Waals surface area contributed by atoms with Crippen LogP contribution >= 0.6 is 0 Å². The van der Waals surface area contributed by atoms with Crippen molar-refractivity contribution in [1.29, 1.82) is 0 Å². The maximum Gasteiger partial charge on any atom is 0.257 e. The summed E-state index contributed by atoms with van der Waals surface area (Å²) in [5, 5.41) is 2.95. The lowest BCUT2D eigenvalue weighted by atomic mass is 10.2. The molecular weight excluding hydrogens is 446 g/mol. The molecule has 0 bridgehead atoms. The Morgan fingerprint density at radius 2 is 1.77 bits per heavy atom. The van der Waals surface area contributed by atoms with E-state index < -0.39 is 0 Å². The number of methoxy groups -OCH3 is 1. The summed E-state index contributed by atoms with van der Waals surface area (Å²) in [5.74, 6) is 1.90. The number of carbonyl (C=O) groups is 1. The quantitative estimate of drug-likeness (QED) is 0.404. The van der Waals surface area contributed by atoms with E-state index in [1.807, 2.05) is 60.7 Å². The second-order valence-electron chi connectivity index (χ2n) is 8.05. The van der Waals surface area contributed by atoms with Crippen molar-refractivity contribution in [1.82, 2.24) is 19.9 Å². The SMILES string of the molecule is COc1ccc(CNC(=O)c2c(N)n(-c3ccc4c(c3)OCO4)c3nc4ccccc4nc23)cc1. The molecule has 0 radical (unpaired) electrons. The molecule has 0 atom stereocenters. The summed E-state index contributed by atoms with van der Waals surface area (Å²) in [5.41, 5.74) is 10.8. The van der Waals surface area contributed by atoms with Gasteiger partial charge in [0.25, 0.3) is 5.91 Å². The number of carbonyl (C=O) groups excluding carboxylic acids is 1. The highest BCUT2D eigenvalue weighted by molar-refractivity contribution is 6.11. The number of nitrogen functional groups attached to an aromatic ring is 1. The monoisotopic (exact) mass is 467 g/mol. The van der Waals surface area contributed by atoms with Crippen LogP contribution in [0.5, 0.6) is 17.2 Å². The second-order valence-corrected chi connectivity index (χ2v) is 8.05. The van der Waals surface area contributed by atoms with E-state index in [1.165, 1.54) is 0 Å². The minimum atomic E-state index is -0.340. The fourth-order valence-electron chi connectivity index (χ4n) is 4.19. The molecule has 174 valence electrons. The first-order chi connectivity index (χ1) is 17.1. The zero-order chi connectivity index (χ0) is 23.9. The van der Waals surface area contributed by atoms with Gasteiger partial charge in [0.15, 0.2) is 17.1 Å². The smallest absolute Gasteiger partial charge is 0.257 e. The molecule has 0 spiro atoms. The van der Waals surface area contributed by atoms with Crippen molar-refractivity contribution in [2.45, 2.75) is 6.54 Å². The van der Waals surface area contributed by atoms with Gasteiger partial charge in [-0.05, 0) is 42.0 Å². The molecule has 1 amide bonds. The first kappa shape index (κ1) is 20.8. The number of fused-ring (bicyclic) bond motifs is 3. The molecule has 0 aliphatic carbocycles. The first-order valence-corrected chi connectivity index (χ1v) is 11.0. The van der Waals surface area contributed by atoms with Crippen molar-refractivity contribution < 1.29 is 19.0 Å². The van der Waals surface area contributed by atoms with Crippen molar-refractivity contribution in [2.75, 3.05) is 19.6 Å². The van der Waals surface area contributed by atoms with E-state index in [-0.39, 0.29) is 24.1 Å². The number of nitrogens with zero attached hydrogens (tertiary/aromatic N) is 3. The van der Waals surface area contributed by atoms with Gasteiger partial charge in [0.2, 0.25) is 6.79 Å². The molecule has 6 rings (SSSR count). The van der Waals surface area contributed by atoms with Gasteiger partial charge in [0.1, 0.15) is 22.6 Å². The lowest BCUT2D eigenvalue weighted by Crippen LogP contribution is -2.24. The number of amides is 1. The van der Waals surface area contributed by atoms with Gasteiger partial charge in [-0.25, -0.2) is 9.97 Å². The van der Waals surface area contributed by atoms with Crippen molar-refractivity contribution in [3.63, 3.8) is 0 Å². The van der Waals surface area contributed by atoms with E-state index in [9.17, 15) is 4.79 Å². The zero-order valence-electron chi connectivity index (χ0n) is 18.8. The summed E-state index contributed by atoms with van der Waals surface area (Å²) in [6.07, 6.45) is 0. The minimum Gasteiger partial charge on any atom is -0.497 e. The molecule has 1 aliphatic rings. The van der Waals surface area contributed by atoms with Crippen LogP contribution in [0, 0.1) is 0 Å². The van der Waals surface area contributed by atoms with Crippen molar-refractivity contribution in [2.24, 2.45) is 0 Å². The number of anilines is 1. The van der Waals surface area contributed by atoms with E-state index in [4.69, 9.17) is 29.9 Å². The number of nitrogens with one attached hydrogen (secondary N) is 1. The highest BCUT2D eigenvalue weighted by atomic mass is 16.7. The van der Waals surface area contributed by atoms with E-state index in [2.05, 4.69) is 5.32 Å². The van der Waals surface area contributed by atoms with Crippen LogP contribution in [-0.4, -0.2) is 34.3 Å². The van der Waals surface area contributed by atoms with Crippen LogP contribution in [-0.2, 0) is 6.54 Å². The third-order valence-electron chi connectivity index (χ3n) is 5.95. The minimum absolute atomic E-state index is 0.157. The van der Waals surface area contributed by atoms with Crippen molar-refractivity contribution >= 4 is 33.9 Å². The lowest BCUT2D eigenvalue weighted by molar-refractivity contribution is 0.0953. The van der Waals surface area contributed by atoms with Crippen LogP contribution in [0.25, 0.3) is 27.9 Å². The number of hydrogen-bond donors (Lipinski definition) is 2. The van der Waals surface area contributed by atoms with Gasteiger partial charge >= 0.3 is 0 Å².